The minimum absolute atomic E-state index is 0.0692. The third kappa shape index (κ3) is 4.30. The minimum Gasteiger partial charge on any atom is -0.386 e. The topological polar surface area (TPSA) is 61.4 Å². The third-order valence-electron chi connectivity index (χ3n) is 3.31. The van der Waals surface area contributed by atoms with Crippen LogP contribution in [0.4, 0.5) is 14.9 Å². The van der Waals surface area contributed by atoms with Crippen LogP contribution in [0.25, 0.3) is 0 Å². The lowest BCUT2D eigenvalue weighted by molar-refractivity contribution is 0.170. The number of carbonyl (C=O) groups excluding carboxylic acids is 1. The van der Waals surface area contributed by atoms with Gasteiger partial charge in [-0.1, -0.05) is 37.3 Å². The van der Waals surface area contributed by atoms with Crippen molar-refractivity contribution in [2.75, 3.05) is 11.9 Å². The van der Waals surface area contributed by atoms with Gasteiger partial charge in [0.15, 0.2) is 0 Å². The number of aliphatic hydroxyl groups is 1. The molecule has 3 N–H and O–H groups in total. The fraction of sp³-hybridized carbons (Fsp3) is 0.235. The summed E-state index contributed by atoms with van der Waals surface area (Å²) >= 11 is 0. The van der Waals surface area contributed by atoms with Gasteiger partial charge < -0.3 is 15.7 Å². The van der Waals surface area contributed by atoms with Crippen molar-refractivity contribution < 1.29 is 14.3 Å². The predicted octanol–water partition coefficient (Wildman–Crippen LogP) is 3.24. The highest BCUT2D eigenvalue weighted by molar-refractivity contribution is 5.89. The van der Waals surface area contributed by atoms with Gasteiger partial charge in [0, 0.05) is 17.8 Å². The van der Waals surface area contributed by atoms with Gasteiger partial charge in [-0.2, -0.15) is 0 Å². The number of rotatable bonds is 5. The van der Waals surface area contributed by atoms with Gasteiger partial charge in [0.2, 0.25) is 0 Å². The molecule has 5 heteroatoms. The molecule has 2 aromatic rings. The number of aliphatic hydroxyl groups excluding tert-OH is 1. The van der Waals surface area contributed by atoms with Crippen LogP contribution in [-0.4, -0.2) is 17.7 Å². The number of anilines is 1. The number of urea groups is 1. The number of aryl methyl sites for hydroxylation is 1. The van der Waals surface area contributed by atoms with Crippen LogP contribution >= 0.6 is 0 Å². The summed E-state index contributed by atoms with van der Waals surface area (Å²) in [5, 5.41) is 15.1. The SMILES string of the molecule is CCc1cccc(NC(=O)NC[C@@H](O)c2ccccc2F)c1. The van der Waals surface area contributed by atoms with Crippen LogP contribution in [0.5, 0.6) is 0 Å². The zero-order valence-electron chi connectivity index (χ0n) is 12.3. The summed E-state index contributed by atoms with van der Waals surface area (Å²) in [6.45, 7) is 1.96. The normalized spacial score (nSPS) is 11.8. The van der Waals surface area contributed by atoms with E-state index >= 15 is 0 Å². The van der Waals surface area contributed by atoms with Gasteiger partial charge in [-0.05, 0) is 30.2 Å². The lowest BCUT2D eigenvalue weighted by Gasteiger charge is -2.14. The Kier molecular flexibility index (Phi) is 5.49. The van der Waals surface area contributed by atoms with Crippen LogP contribution in [0.2, 0.25) is 0 Å². The molecule has 0 unspecified atom stereocenters. The summed E-state index contributed by atoms with van der Waals surface area (Å²) in [7, 11) is 0. The predicted molar refractivity (Wildman–Crippen MR) is 84.2 cm³/mol. The second kappa shape index (κ2) is 7.56. The first-order valence-electron chi connectivity index (χ1n) is 7.16. The Labute approximate surface area is 129 Å². The van der Waals surface area contributed by atoms with Crippen LogP contribution in [0.3, 0.4) is 0 Å². The van der Waals surface area contributed by atoms with Crippen molar-refractivity contribution in [1.29, 1.82) is 0 Å². The lowest BCUT2D eigenvalue weighted by Crippen LogP contribution is -2.32. The monoisotopic (exact) mass is 302 g/mol. The van der Waals surface area contributed by atoms with Gasteiger partial charge in [0.05, 0.1) is 6.10 Å². The van der Waals surface area contributed by atoms with Crippen LogP contribution in [0.1, 0.15) is 24.2 Å². The zero-order valence-corrected chi connectivity index (χ0v) is 12.3. The van der Waals surface area contributed by atoms with E-state index in [2.05, 4.69) is 10.6 Å². The maximum absolute atomic E-state index is 13.5. The number of amides is 2. The van der Waals surface area contributed by atoms with Gasteiger partial charge in [-0.3, -0.25) is 0 Å². The summed E-state index contributed by atoms with van der Waals surface area (Å²) in [6.07, 6.45) is -0.211. The standard InChI is InChI=1S/C17H19FN2O2/c1-2-12-6-5-7-13(10-12)20-17(22)19-11-16(21)14-8-3-4-9-15(14)18/h3-10,16,21H,2,11H2,1H3,(H2,19,20,22)/t16-/m1/s1. The van der Waals surface area contributed by atoms with Crippen LogP contribution in [-0.2, 0) is 6.42 Å². The highest BCUT2D eigenvalue weighted by Crippen LogP contribution is 2.16. The van der Waals surface area contributed by atoms with Gasteiger partial charge >= 0.3 is 6.03 Å². The molecule has 1 atom stereocenters. The summed E-state index contributed by atoms with van der Waals surface area (Å²) in [6, 6.07) is 13.0. The molecular formula is C17H19FN2O2. The molecule has 0 saturated heterocycles. The van der Waals surface area contributed by atoms with Crippen molar-refractivity contribution in [2.24, 2.45) is 0 Å². The number of halogens is 1. The Balaban J connectivity index is 1.88. The smallest absolute Gasteiger partial charge is 0.319 e. The Hall–Kier alpha value is -2.40. The molecule has 22 heavy (non-hydrogen) atoms. The maximum Gasteiger partial charge on any atom is 0.319 e. The zero-order chi connectivity index (χ0) is 15.9. The molecule has 2 rings (SSSR count). The molecule has 2 aromatic carbocycles. The molecule has 0 aliphatic carbocycles. The van der Waals surface area contributed by atoms with E-state index in [9.17, 15) is 14.3 Å². The molecule has 0 heterocycles. The quantitative estimate of drug-likeness (QED) is 0.794. The molecule has 0 saturated carbocycles. The Bertz CT molecular complexity index is 646. The van der Waals surface area contributed by atoms with Crippen molar-refractivity contribution >= 4 is 11.7 Å². The van der Waals surface area contributed by atoms with E-state index in [1.54, 1.807) is 18.2 Å². The molecule has 4 nitrogen and oxygen atoms in total. The van der Waals surface area contributed by atoms with Gasteiger partial charge in [-0.15, -0.1) is 0 Å². The highest BCUT2D eigenvalue weighted by atomic mass is 19.1. The van der Waals surface area contributed by atoms with Crippen molar-refractivity contribution in [3.8, 4) is 0 Å². The summed E-state index contributed by atoms with van der Waals surface area (Å²) in [5.74, 6) is -0.493. The Morgan fingerprint density at radius 1 is 1.23 bits per heavy atom. The van der Waals surface area contributed by atoms with E-state index in [4.69, 9.17) is 0 Å². The second-order valence-electron chi connectivity index (χ2n) is 4.93. The lowest BCUT2D eigenvalue weighted by atomic mass is 10.1. The van der Waals surface area contributed by atoms with Gasteiger partial charge in [0.25, 0.3) is 0 Å². The first-order valence-corrected chi connectivity index (χ1v) is 7.16. The highest BCUT2D eigenvalue weighted by Gasteiger charge is 2.13. The fourth-order valence-electron chi connectivity index (χ4n) is 2.09. The summed E-state index contributed by atoms with van der Waals surface area (Å²) < 4.78 is 13.5. The van der Waals surface area contributed by atoms with Gasteiger partial charge in [0.1, 0.15) is 5.82 Å². The molecule has 0 fully saturated rings. The van der Waals surface area contributed by atoms with Gasteiger partial charge in [-0.25, -0.2) is 9.18 Å². The minimum atomic E-state index is -1.09. The van der Waals surface area contributed by atoms with Crippen molar-refractivity contribution in [3.63, 3.8) is 0 Å². The van der Waals surface area contributed by atoms with Crippen molar-refractivity contribution in [3.05, 3.63) is 65.5 Å². The number of carbonyl (C=O) groups is 1. The number of hydrogen-bond donors (Lipinski definition) is 3. The molecular weight excluding hydrogens is 283 g/mol. The van der Waals surface area contributed by atoms with Crippen molar-refractivity contribution in [1.82, 2.24) is 5.32 Å². The molecule has 0 bridgehead atoms. The molecule has 0 aliphatic rings. The van der Waals surface area contributed by atoms with E-state index in [0.717, 1.165) is 12.0 Å². The fourth-order valence-corrected chi connectivity index (χ4v) is 2.09. The molecule has 2 amide bonds. The van der Waals surface area contributed by atoms with Crippen LogP contribution in [0.15, 0.2) is 48.5 Å². The average Bonchev–Trinajstić information content (AvgIpc) is 2.53. The Morgan fingerprint density at radius 2 is 2.00 bits per heavy atom. The number of nitrogens with one attached hydrogen (secondary N) is 2. The van der Waals surface area contributed by atoms with Crippen LogP contribution in [0, 0.1) is 5.82 Å². The van der Waals surface area contributed by atoms with E-state index in [1.165, 1.54) is 12.1 Å². The summed E-state index contributed by atoms with van der Waals surface area (Å²) in [4.78, 5) is 11.8. The Morgan fingerprint density at radius 3 is 2.73 bits per heavy atom. The van der Waals surface area contributed by atoms with Crippen LogP contribution < -0.4 is 10.6 Å². The van der Waals surface area contributed by atoms with E-state index in [1.807, 2.05) is 25.1 Å². The molecule has 0 aliphatic heterocycles. The number of benzene rings is 2. The number of hydrogen-bond acceptors (Lipinski definition) is 2. The van der Waals surface area contributed by atoms with Crippen molar-refractivity contribution in [2.45, 2.75) is 19.4 Å². The average molecular weight is 302 g/mol. The maximum atomic E-state index is 13.5. The third-order valence-corrected chi connectivity index (χ3v) is 3.31. The molecule has 0 aromatic heterocycles. The largest absolute Gasteiger partial charge is 0.386 e. The van der Waals surface area contributed by atoms with E-state index in [0.29, 0.717) is 5.69 Å². The molecule has 116 valence electrons. The van der Waals surface area contributed by atoms with E-state index < -0.39 is 18.0 Å². The first-order chi connectivity index (χ1) is 10.6. The molecule has 0 spiro atoms. The molecule has 0 radical (unpaired) electrons. The second-order valence-corrected chi connectivity index (χ2v) is 4.93. The first kappa shape index (κ1) is 16.0. The van der Waals surface area contributed by atoms with E-state index in [-0.39, 0.29) is 12.1 Å². The summed E-state index contributed by atoms with van der Waals surface area (Å²) in [5.41, 5.74) is 1.96.